The van der Waals surface area contributed by atoms with Gasteiger partial charge in [0.2, 0.25) is 11.8 Å². The standard InChI is InChI=1S/C14H26N2O2S/c1-6-14(7-2)13(18)16(8-9-19-5)11(10(3)4)12(17)15-14/h10-11H,6-9H2,1-5H3,(H,15,17). The molecule has 4 nitrogen and oxygen atoms in total. The highest BCUT2D eigenvalue weighted by atomic mass is 32.2. The molecular weight excluding hydrogens is 260 g/mol. The van der Waals surface area contributed by atoms with Crippen molar-refractivity contribution in [1.82, 2.24) is 10.2 Å². The number of hydrogen-bond acceptors (Lipinski definition) is 3. The molecule has 0 aromatic rings. The fourth-order valence-corrected chi connectivity index (χ4v) is 3.11. The Balaban J connectivity index is 3.07. The van der Waals surface area contributed by atoms with Gasteiger partial charge in [-0.15, -0.1) is 0 Å². The highest BCUT2D eigenvalue weighted by Crippen LogP contribution is 2.27. The highest BCUT2D eigenvalue weighted by Gasteiger charge is 2.49. The molecule has 0 bridgehead atoms. The minimum atomic E-state index is -0.694. The summed E-state index contributed by atoms with van der Waals surface area (Å²) >= 11 is 1.70. The van der Waals surface area contributed by atoms with Gasteiger partial charge in [-0.25, -0.2) is 0 Å². The van der Waals surface area contributed by atoms with Crippen LogP contribution in [0, 0.1) is 5.92 Å². The average Bonchev–Trinajstić information content (AvgIpc) is 2.38. The molecule has 0 aliphatic carbocycles. The molecule has 2 amide bonds. The molecule has 0 aromatic heterocycles. The number of piperazine rings is 1. The van der Waals surface area contributed by atoms with Crippen molar-refractivity contribution in [3.63, 3.8) is 0 Å². The number of nitrogens with one attached hydrogen (secondary N) is 1. The smallest absolute Gasteiger partial charge is 0.249 e. The summed E-state index contributed by atoms with van der Waals surface area (Å²) in [5.41, 5.74) is -0.694. The van der Waals surface area contributed by atoms with Crippen LogP contribution in [0.15, 0.2) is 0 Å². The summed E-state index contributed by atoms with van der Waals surface area (Å²) in [6.07, 6.45) is 3.31. The quantitative estimate of drug-likeness (QED) is 0.811. The topological polar surface area (TPSA) is 49.4 Å². The van der Waals surface area contributed by atoms with Crippen LogP contribution in [0.5, 0.6) is 0 Å². The maximum Gasteiger partial charge on any atom is 0.249 e. The second-order valence-electron chi connectivity index (χ2n) is 5.46. The molecule has 0 aromatic carbocycles. The Labute approximate surface area is 120 Å². The van der Waals surface area contributed by atoms with Crippen molar-refractivity contribution in [2.24, 2.45) is 5.92 Å². The summed E-state index contributed by atoms with van der Waals surface area (Å²) < 4.78 is 0. The lowest BCUT2D eigenvalue weighted by Gasteiger charge is -2.46. The molecule has 1 saturated heterocycles. The maximum absolute atomic E-state index is 12.8. The van der Waals surface area contributed by atoms with E-state index >= 15 is 0 Å². The molecule has 1 fully saturated rings. The molecule has 1 aliphatic rings. The fourth-order valence-electron chi connectivity index (χ4n) is 2.73. The number of hydrogen-bond donors (Lipinski definition) is 1. The molecule has 19 heavy (non-hydrogen) atoms. The third-order valence-corrected chi connectivity index (χ3v) is 4.60. The van der Waals surface area contributed by atoms with Crippen molar-refractivity contribution in [2.45, 2.75) is 52.1 Å². The molecule has 1 N–H and O–H groups in total. The third-order valence-electron chi connectivity index (χ3n) is 4.01. The summed E-state index contributed by atoms with van der Waals surface area (Å²) in [7, 11) is 0. The van der Waals surface area contributed by atoms with Crippen LogP contribution in [0.2, 0.25) is 0 Å². The first kappa shape index (κ1) is 16.3. The zero-order valence-electron chi connectivity index (χ0n) is 12.7. The minimum absolute atomic E-state index is 0.000553. The molecular formula is C14H26N2O2S. The van der Waals surface area contributed by atoms with E-state index in [0.29, 0.717) is 19.4 Å². The summed E-state index contributed by atoms with van der Waals surface area (Å²) in [6, 6.07) is -0.328. The lowest BCUT2D eigenvalue weighted by atomic mass is 9.85. The third kappa shape index (κ3) is 3.07. The van der Waals surface area contributed by atoms with Crippen LogP contribution in [-0.2, 0) is 9.59 Å². The Morgan fingerprint density at radius 3 is 2.32 bits per heavy atom. The number of carbonyl (C=O) groups excluding carboxylic acids is 2. The van der Waals surface area contributed by atoms with Crippen molar-refractivity contribution in [3.8, 4) is 0 Å². The van der Waals surface area contributed by atoms with E-state index in [4.69, 9.17) is 0 Å². The molecule has 110 valence electrons. The van der Waals surface area contributed by atoms with E-state index < -0.39 is 5.54 Å². The van der Waals surface area contributed by atoms with E-state index in [1.807, 2.05) is 34.0 Å². The first-order valence-corrected chi connectivity index (χ1v) is 8.45. The Kier molecular flexibility index (Phi) is 5.71. The first-order chi connectivity index (χ1) is 8.93. The molecule has 1 aliphatic heterocycles. The van der Waals surface area contributed by atoms with E-state index in [-0.39, 0.29) is 23.8 Å². The zero-order chi connectivity index (χ0) is 14.6. The van der Waals surface area contributed by atoms with Crippen LogP contribution in [-0.4, -0.2) is 46.8 Å². The summed E-state index contributed by atoms with van der Waals surface area (Å²) in [6.45, 7) is 8.56. The molecule has 1 atom stereocenters. The Morgan fingerprint density at radius 2 is 1.89 bits per heavy atom. The van der Waals surface area contributed by atoms with Crippen molar-refractivity contribution in [1.29, 1.82) is 0 Å². The van der Waals surface area contributed by atoms with Gasteiger partial charge in [-0.1, -0.05) is 27.7 Å². The van der Waals surface area contributed by atoms with Gasteiger partial charge in [0, 0.05) is 12.3 Å². The van der Waals surface area contributed by atoms with E-state index in [2.05, 4.69) is 5.32 Å². The normalized spacial score (nSPS) is 22.8. The van der Waals surface area contributed by atoms with Gasteiger partial charge >= 0.3 is 0 Å². The Morgan fingerprint density at radius 1 is 1.32 bits per heavy atom. The highest BCUT2D eigenvalue weighted by molar-refractivity contribution is 7.98. The van der Waals surface area contributed by atoms with Crippen molar-refractivity contribution < 1.29 is 9.59 Å². The van der Waals surface area contributed by atoms with Crippen LogP contribution < -0.4 is 5.32 Å². The Bertz CT molecular complexity index is 340. The van der Waals surface area contributed by atoms with E-state index in [1.54, 1.807) is 16.7 Å². The fraction of sp³-hybridized carbons (Fsp3) is 0.857. The lowest BCUT2D eigenvalue weighted by Crippen LogP contribution is -2.71. The minimum Gasteiger partial charge on any atom is -0.340 e. The van der Waals surface area contributed by atoms with E-state index in [0.717, 1.165) is 5.75 Å². The SMILES string of the molecule is CCC1(CC)NC(=O)C(C(C)C)N(CCSC)C1=O. The van der Waals surface area contributed by atoms with Crippen LogP contribution in [0.1, 0.15) is 40.5 Å². The molecule has 1 unspecified atom stereocenters. The van der Waals surface area contributed by atoms with E-state index in [1.165, 1.54) is 0 Å². The second kappa shape index (κ2) is 6.64. The van der Waals surface area contributed by atoms with Crippen molar-refractivity contribution in [3.05, 3.63) is 0 Å². The molecule has 0 radical (unpaired) electrons. The number of rotatable bonds is 6. The molecule has 1 rings (SSSR count). The summed E-state index contributed by atoms with van der Waals surface area (Å²) in [5.74, 6) is 1.09. The maximum atomic E-state index is 12.8. The zero-order valence-corrected chi connectivity index (χ0v) is 13.5. The number of carbonyl (C=O) groups is 2. The van der Waals surface area contributed by atoms with Crippen LogP contribution >= 0.6 is 11.8 Å². The van der Waals surface area contributed by atoms with Crippen LogP contribution in [0.25, 0.3) is 0 Å². The predicted octanol–water partition coefficient (Wildman–Crippen LogP) is 1.89. The largest absolute Gasteiger partial charge is 0.340 e. The molecule has 0 saturated carbocycles. The van der Waals surface area contributed by atoms with Gasteiger partial charge < -0.3 is 10.2 Å². The van der Waals surface area contributed by atoms with Crippen molar-refractivity contribution in [2.75, 3.05) is 18.6 Å². The second-order valence-corrected chi connectivity index (χ2v) is 6.44. The van der Waals surface area contributed by atoms with Gasteiger partial charge in [0.05, 0.1) is 0 Å². The molecule has 5 heteroatoms. The number of amides is 2. The first-order valence-electron chi connectivity index (χ1n) is 7.05. The van der Waals surface area contributed by atoms with Gasteiger partial charge in [0.1, 0.15) is 11.6 Å². The van der Waals surface area contributed by atoms with Crippen LogP contribution in [0.4, 0.5) is 0 Å². The van der Waals surface area contributed by atoms with Crippen LogP contribution in [0.3, 0.4) is 0 Å². The summed E-state index contributed by atoms with van der Waals surface area (Å²) in [5, 5.41) is 2.98. The van der Waals surface area contributed by atoms with Gasteiger partial charge in [-0.2, -0.15) is 11.8 Å². The van der Waals surface area contributed by atoms with E-state index in [9.17, 15) is 9.59 Å². The number of nitrogens with zero attached hydrogens (tertiary/aromatic N) is 1. The Hall–Kier alpha value is -0.710. The predicted molar refractivity (Wildman–Crippen MR) is 80.2 cm³/mol. The van der Waals surface area contributed by atoms with Gasteiger partial charge in [-0.05, 0) is 25.0 Å². The molecule has 1 heterocycles. The summed E-state index contributed by atoms with van der Waals surface area (Å²) in [4.78, 5) is 27.0. The van der Waals surface area contributed by atoms with Gasteiger partial charge in [0.15, 0.2) is 0 Å². The lowest BCUT2D eigenvalue weighted by molar-refractivity contribution is -0.157. The van der Waals surface area contributed by atoms with Crippen molar-refractivity contribution >= 4 is 23.6 Å². The van der Waals surface area contributed by atoms with Gasteiger partial charge in [0.25, 0.3) is 0 Å². The number of thioether (sulfide) groups is 1. The average molecular weight is 286 g/mol. The van der Waals surface area contributed by atoms with Gasteiger partial charge in [-0.3, -0.25) is 9.59 Å². The monoisotopic (exact) mass is 286 g/mol. The molecule has 0 spiro atoms.